The number of carboxylic acids is 2. The zero-order chi connectivity index (χ0) is 55.7. The van der Waals surface area contributed by atoms with Gasteiger partial charge in [0.1, 0.15) is 0 Å². The fraction of sp³-hybridized carbons (Fsp3) is 0.593. The molecule has 8 aliphatic rings. The number of fused-ring (bicyclic) bond motifs is 6. The summed E-state index contributed by atoms with van der Waals surface area (Å²) in [7, 11) is 2.08. The van der Waals surface area contributed by atoms with E-state index < -0.39 is 23.4 Å². The van der Waals surface area contributed by atoms with Gasteiger partial charge in [-0.05, 0) is 141 Å². The van der Waals surface area contributed by atoms with Crippen molar-refractivity contribution in [2.45, 2.75) is 217 Å². The normalized spacial score (nSPS) is 24.4. The summed E-state index contributed by atoms with van der Waals surface area (Å²) in [5.41, 5.74) is 3.77. The molecule has 8 aliphatic heterocycles. The second kappa shape index (κ2) is 22.4. The van der Waals surface area contributed by atoms with Crippen molar-refractivity contribution in [3.8, 4) is 0 Å². The smallest absolute Gasteiger partial charge is 0.545 e. The molecule has 10 nitrogen and oxygen atoms in total. The Morgan fingerprint density at radius 1 is 0.487 bits per heavy atom. The van der Waals surface area contributed by atoms with E-state index in [1.807, 2.05) is 32.6 Å². The zero-order valence-corrected chi connectivity index (χ0v) is 61.7. The Bertz CT molecular complexity index is 2840. The monoisotopic (exact) mass is 1300 g/mol. The SMILES string of the molecule is CC1(C)Sc2c(C=O)c3c(c(C(c4c5c(c(C(=O)[O-])c6c4SC(C)(C)S6)SC(C)(C)S5)c4c5c(c(C(=O)[O-])c6c4SC(C)(C)S6)SC(C)(C)S5)c2S1)SC(C)(C)S3.CN1CCN(C(=O)C2CC(C)(C)N(O)C2(C)C)CC1.[Na+].[Na+]. The van der Waals surface area contributed by atoms with Crippen LogP contribution >= 0.6 is 141 Å². The number of amides is 1. The topological polar surface area (TPSA) is 144 Å². The van der Waals surface area contributed by atoms with Crippen LogP contribution in [-0.4, -0.2) is 113 Å². The molecule has 1 amide bonds. The summed E-state index contributed by atoms with van der Waals surface area (Å²) in [6.45, 7) is 37.5. The minimum absolute atomic E-state index is 0. The van der Waals surface area contributed by atoms with E-state index in [9.17, 15) is 34.6 Å². The van der Waals surface area contributed by atoms with Crippen LogP contribution in [0, 0.1) is 5.92 Å². The van der Waals surface area contributed by atoms with Crippen molar-refractivity contribution in [2.24, 2.45) is 5.92 Å². The van der Waals surface area contributed by atoms with Crippen LogP contribution in [0.2, 0.25) is 0 Å². The standard InChI is InChI=1S/C40H40O5S12.C14H27N3O2.2Na/c1-35(2)46-21-14(13-41)22-24(49-36(3,4)47-22)16(23(21)48-35)15(17-25-29(54-37(5,6)50-25)19(33(42)43)30-26(17)51-38(7,8)55-30)18-27-31(56-39(9,10)52-27)20(34(44)45)32-28(18)53-40(11,12)57-32;1-13(2)10-11(14(3,4)17(13)19)12(18)16-8-6-15(5)7-9-16;;/h13,15H,1-12H3,(H,42,43)(H,44,45);11,19H,6-10H2,1-5H3;;/q;;2*+1/p-2. The Balaban J connectivity index is 0.000000324. The van der Waals surface area contributed by atoms with E-state index in [4.69, 9.17) is 0 Å². The van der Waals surface area contributed by atoms with Gasteiger partial charge in [0.2, 0.25) is 5.91 Å². The molecule has 3 aromatic carbocycles. The van der Waals surface area contributed by atoms with Gasteiger partial charge in [0.05, 0.1) is 47.9 Å². The first-order valence-corrected chi connectivity index (χ1v) is 35.0. The van der Waals surface area contributed by atoms with Gasteiger partial charge < -0.3 is 34.8 Å². The quantitative estimate of drug-likeness (QED) is 0.138. The van der Waals surface area contributed by atoms with Crippen LogP contribution in [0.4, 0.5) is 0 Å². The van der Waals surface area contributed by atoms with Gasteiger partial charge in [-0.1, -0.05) is 0 Å². The van der Waals surface area contributed by atoms with E-state index in [2.05, 4.69) is 95.0 Å². The van der Waals surface area contributed by atoms with Crippen molar-refractivity contribution in [1.29, 1.82) is 0 Å². The second-order valence-electron chi connectivity index (χ2n) is 24.3. The van der Waals surface area contributed by atoms with E-state index in [0.717, 1.165) is 113 Å². The average Bonchev–Trinajstić information content (AvgIpc) is 4.17. The summed E-state index contributed by atoms with van der Waals surface area (Å²) >= 11 is 20.4. The summed E-state index contributed by atoms with van der Waals surface area (Å²) < 4.78 is -1.97. The van der Waals surface area contributed by atoms with Crippen LogP contribution in [0.1, 0.15) is 171 Å². The van der Waals surface area contributed by atoms with Crippen LogP contribution in [0.25, 0.3) is 0 Å². The largest absolute Gasteiger partial charge is 1.00 e. The average molecular weight is 1300 g/mol. The molecule has 0 aromatic heterocycles. The van der Waals surface area contributed by atoms with Crippen molar-refractivity contribution < 1.29 is 93.7 Å². The summed E-state index contributed by atoms with van der Waals surface area (Å²) in [6.07, 6.45) is 1.75. The number of aromatic carboxylic acids is 2. The molecule has 0 spiro atoms. The van der Waals surface area contributed by atoms with Gasteiger partial charge in [-0.3, -0.25) is 9.59 Å². The Morgan fingerprint density at radius 2 is 0.756 bits per heavy atom. The molecule has 412 valence electrons. The number of thioether (sulfide) groups is 12. The number of aldehydes is 1. The Morgan fingerprint density at radius 3 is 1.01 bits per heavy atom. The molecule has 0 bridgehead atoms. The number of hydroxylamine groups is 2. The number of carbonyl (C=O) groups excluding carboxylic acids is 4. The molecule has 2 fully saturated rings. The van der Waals surface area contributed by atoms with Gasteiger partial charge >= 0.3 is 59.1 Å². The summed E-state index contributed by atoms with van der Waals surface area (Å²) in [5.74, 6) is -2.69. The maximum Gasteiger partial charge on any atom is 1.00 e. The van der Waals surface area contributed by atoms with Crippen molar-refractivity contribution in [3.63, 3.8) is 0 Å². The van der Waals surface area contributed by atoms with Gasteiger partial charge in [0.15, 0.2) is 6.29 Å². The molecule has 0 radical (unpaired) electrons. The third-order valence-electron chi connectivity index (χ3n) is 14.5. The first-order valence-electron chi connectivity index (χ1n) is 25.2. The van der Waals surface area contributed by atoms with Gasteiger partial charge in [-0.15, -0.1) is 141 Å². The van der Waals surface area contributed by atoms with Crippen molar-refractivity contribution in [1.82, 2.24) is 14.9 Å². The van der Waals surface area contributed by atoms with Crippen LogP contribution in [0.5, 0.6) is 0 Å². The van der Waals surface area contributed by atoms with E-state index in [1.54, 1.807) is 141 Å². The number of rotatable bonds is 7. The fourth-order valence-electron chi connectivity index (χ4n) is 11.4. The number of hydrogen-bond donors (Lipinski definition) is 1. The van der Waals surface area contributed by atoms with Crippen LogP contribution in [0.15, 0.2) is 58.7 Å². The van der Waals surface area contributed by atoms with Crippen LogP contribution in [0.3, 0.4) is 0 Å². The molecule has 0 saturated carbocycles. The number of likely N-dealkylation sites (N-methyl/N-ethyl adjacent to an activating group) is 1. The summed E-state index contributed by atoms with van der Waals surface area (Å²) in [4.78, 5) is 68.0. The number of hydrogen-bond acceptors (Lipinski definition) is 21. The van der Waals surface area contributed by atoms with E-state index in [-0.39, 0.29) is 112 Å². The zero-order valence-electron chi connectivity index (χ0n) is 47.9. The van der Waals surface area contributed by atoms with E-state index >= 15 is 0 Å². The number of carbonyl (C=O) groups is 4. The molecule has 1 unspecified atom stereocenters. The third-order valence-corrected chi connectivity index (χ3v) is 31.6. The van der Waals surface area contributed by atoms with Gasteiger partial charge in [0.25, 0.3) is 0 Å². The molecule has 0 aliphatic carbocycles. The Hall–Kier alpha value is 1.82. The van der Waals surface area contributed by atoms with Gasteiger partial charge in [0, 0.05) is 113 Å². The molecule has 11 rings (SSSR count). The van der Waals surface area contributed by atoms with Crippen molar-refractivity contribution >= 4 is 165 Å². The molecule has 1 atom stereocenters. The molecule has 2 saturated heterocycles. The molecule has 8 heterocycles. The maximum atomic E-state index is 13.4. The van der Waals surface area contributed by atoms with Gasteiger partial charge in [-0.25, -0.2) is 0 Å². The molecular weight excluding hydrogens is 1230 g/mol. The first kappa shape index (κ1) is 65.8. The van der Waals surface area contributed by atoms with E-state index in [1.165, 1.54) is 5.06 Å². The van der Waals surface area contributed by atoms with Crippen LogP contribution < -0.4 is 69.3 Å². The van der Waals surface area contributed by atoms with Crippen molar-refractivity contribution in [3.05, 3.63) is 33.4 Å². The van der Waals surface area contributed by atoms with E-state index in [0.29, 0.717) is 6.42 Å². The minimum Gasteiger partial charge on any atom is -0.545 e. The predicted octanol–water partition coefficient (Wildman–Crippen LogP) is 8.05. The Labute approximate surface area is 556 Å². The second-order valence-corrected chi connectivity index (χ2v) is 45.4. The Kier molecular flexibility index (Phi) is 18.9. The summed E-state index contributed by atoms with van der Waals surface area (Å²) in [6, 6.07) is 0. The molecule has 78 heavy (non-hydrogen) atoms. The predicted molar refractivity (Wildman–Crippen MR) is 323 cm³/mol. The fourth-order valence-corrected chi connectivity index (χ4v) is 29.3. The van der Waals surface area contributed by atoms with Crippen LogP contribution in [-0.2, 0) is 4.79 Å². The molecule has 3 aromatic rings. The van der Waals surface area contributed by atoms with Gasteiger partial charge in [-0.2, -0.15) is 5.06 Å². The summed E-state index contributed by atoms with van der Waals surface area (Å²) in [5, 5.41) is 38.4. The minimum atomic E-state index is -1.16. The molecule has 24 heteroatoms. The number of carboxylic acid groups (broad SMARTS) is 2. The number of piperazine rings is 1. The van der Waals surface area contributed by atoms with Crippen molar-refractivity contribution in [2.75, 3.05) is 33.2 Å². The third kappa shape index (κ3) is 11.9. The number of benzene rings is 3. The molecular formula is C54H65N3Na2O7S12. The number of nitrogens with zero attached hydrogens (tertiary/aromatic N) is 3. The molecule has 1 N–H and O–H groups in total. The first-order chi connectivity index (χ1) is 34.9. The maximum absolute atomic E-state index is 13.4.